The zero-order valence-corrected chi connectivity index (χ0v) is 10.9. The summed E-state index contributed by atoms with van der Waals surface area (Å²) in [5.41, 5.74) is 2.13. The Bertz CT molecular complexity index is 562. The van der Waals surface area contributed by atoms with Crippen LogP contribution < -0.4 is 0 Å². The molecule has 1 aromatic heterocycles. The van der Waals surface area contributed by atoms with Gasteiger partial charge in [-0.25, -0.2) is 4.68 Å². The molecule has 1 unspecified atom stereocenters. The highest BCUT2D eigenvalue weighted by Gasteiger charge is 2.16. The van der Waals surface area contributed by atoms with Crippen LogP contribution in [0.4, 0.5) is 0 Å². The Morgan fingerprint density at radius 1 is 1.37 bits per heavy atom. The summed E-state index contributed by atoms with van der Waals surface area (Å²) in [7, 11) is 0. The van der Waals surface area contributed by atoms with E-state index in [0.717, 1.165) is 12.0 Å². The van der Waals surface area contributed by atoms with E-state index < -0.39 is 11.9 Å². The molecule has 0 aliphatic carbocycles. The van der Waals surface area contributed by atoms with Crippen molar-refractivity contribution in [3.63, 3.8) is 0 Å². The van der Waals surface area contributed by atoms with Crippen LogP contribution in [0.5, 0.6) is 0 Å². The molecule has 0 fully saturated rings. The Morgan fingerprint density at radius 3 is 2.63 bits per heavy atom. The van der Waals surface area contributed by atoms with E-state index in [-0.39, 0.29) is 6.54 Å². The van der Waals surface area contributed by atoms with Gasteiger partial charge in [-0.1, -0.05) is 38.1 Å². The molecule has 0 amide bonds. The van der Waals surface area contributed by atoms with Crippen LogP contribution in [0.1, 0.15) is 19.4 Å². The maximum atomic E-state index is 10.9. The number of nitrogens with zero attached hydrogens (tertiary/aromatic N) is 4. The summed E-state index contributed by atoms with van der Waals surface area (Å²) in [5, 5.41) is 20.4. The number of benzene rings is 1. The maximum absolute atomic E-state index is 10.9. The van der Waals surface area contributed by atoms with Crippen molar-refractivity contribution in [2.75, 3.05) is 0 Å². The van der Waals surface area contributed by atoms with E-state index in [1.165, 1.54) is 10.2 Å². The fraction of sp³-hybridized carbons (Fsp3) is 0.385. The molecule has 1 aromatic carbocycles. The molecule has 1 atom stereocenters. The normalized spacial score (nSPS) is 12.3. The van der Waals surface area contributed by atoms with E-state index in [1.807, 2.05) is 24.3 Å². The molecule has 100 valence electrons. The number of carbonyl (C=O) groups is 1. The first-order valence-corrected chi connectivity index (χ1v) is 6.20. The van der Waals surface area contributed by atoms with Crippen LogP contribution >= 0.6 is 0 Å². The number of aryl methyl sites for hydroxylation is 1. The third kappa shape index (κ3) is 2.96. The molecule has 0 saturated heterocycles. The third-order valence-corrected chi connectivity index (χ3v) is 3.02. The number of hydrogen-bond donors (Lipinski definition) is 1. The molecule has 0 radical (unpaired) electrons. The van der Waals surface area contributed by atoms with Gasteiger partial charge in [-0.15, -0.1) is 5.10 Å². The fourth-order valence-corrected chi connectivity index (χ4v) is 1.76. The monoisotopic (exact) mass is 260 g/mol. The average molecular weight is 260 g/mol. The SMILES string of the molecule is CCc1ccc(-c2nnnn2CC(C)C(=O)O)cc1. The van der Waals surface area contributed by atoms with Gasteiger partial charge in [0.15, 0.2) is 5.82 Å². The molecule has 1 heterocycles. The van der Waals surface area contributed by atoms with Crippen molar-refractivity contribution in [1.29, 1.82) is 0 Å². The van der Waals surface area contributed by atoms with Crippen LogP contribution in [0.25, 0.3) is 11.4 Å². The number of hydrogen-bond acceptors (Lipinski definition) is 4. The lowest BCUT2D eigenvalue weighted by Gasteiger charge is -2.08. The van der Waals surface area contributed by atoms with Gasteiger partial charge in [0.25, 0.3) is 0 Å². The second-order valence-corrected chi connectivity index (χ2v) is 4.47. The molecule has 0 bridgehead atoms. The molecule has 0 spiro atoms. The minimum atomic E-state index is -0.859. The molecule has 19 heavy (non-hydrogen) atoms. The van der Waals surface area contributed by atoms with Gasteiger partial charge >= 0.3 is 5.97 Å². The third-order valence-electron chi connectivity index (χ3n) is 3.02. The van der Waals surface area contributed by atoms with Crippen molar-refractivity contribution in [2.45, 2.75) is 26.8 Å². The first kappa shape index (κ1) is 13.2. The summed E-state index contributed by atoms with van der Waals surface area (Å²) in [5.74, 6) is -0.796. The largest absolute Gasteiger partial charge is 0.481 e. The predicted octanol–water partition coefficient (Wildman–Crippen LogP) is 1.62. The van der Waals surface area contributed by atoms with Gasteiger partial charge in [-0.3, -0.25) is 4.79 Å². The maximum Gasteiger partial charge on any atom is 0.308 e. The molecule has 6 nitrogen and oxygen atoms in total. The lowest BCUT2D eigenvalue weighted by molar-refractivity contribution is -0.141. The Morgan fingerprint density at radius 2 is 2.05 bits per heavy atom. The molecule has 0 saturated carbocycles. The molecule has 0 aliphatic rings. The first-order chi connectivity index (χ1) is 9.11. The van der Waals surface area contributed by atoms with Crippen LogP contribution in [-0.2, 0) is 17.8 Å². The number of rotatable bonds is 5. The zero-order chi connectivity index (χ0) is 13.8. The second-order valence-electron chi connectivity index (χ2n) is 4.47. The number of aliphatic carboxylic acids is 1. The first-order valence-electron chi connectivity index (χ1n) is 6.20. The van der Waals surface area contributed by atoms with E-state index in [2.05, 4.69) is 22.4 Å². The summed E-state index contributed by atoms with van der Waals surface area (Å²) in [4.78, 5) is 10.9. The summed E-state index contributed by atoms with van der Waals surface area (Å²) < 4.78 is 1.53. The van der Waals surface area contributed by atoms with Gasteiger partial charge in [0, 0.05) is 5.56 Å². The Hall–Kier alpha value is -2.24. The van der Waals surface area contributed by atoms with Gasteiger partial charge in [-0.2, -0.15) is 0 Å². The van der Waals surface area contributed by atoms with Crippen LogP contribution in [0.3, 0.4) is 0 Å². The average Bonchev–Trinajstić information content (AvgIpc) is 2.87. The van der Waals surface area contributed by atoms with Crippen molar-refractivity contribution >= 4 is 5.97 Å². The van der Waals surface area contributed by atoms with Gasteiger partial charge in [-0.05, 0) is 22.4 Å². The highest BCUT2D eigenvalue weighted by atomic mass is 16.4. The van der Waals surface area contributed by atoms with Gasteiger partial charge in [0.05, 0.1) is 12.5 Å². The lowest BCUT2D eigenvalue weighted by Crippen LogP contribution is -2.18. The zero-order valence-electron chi connectivity index (χ0n) is 10.9. The van der Waals surface area contributed by atoms with Crippen LogP contribution in [0.15, 0.2) is 24.3 Å². The quantitative estimate of drug-likeness (QED) is 0.883. The standard InChI is InChI=1S/C13H16N4O2/c1-3-10-4-6-11(7-5-10)12-14-15-16-17(12)8-9(2)13(18)19/h4-7,9H,3,8H2,1-2H3,(H,18,19). The number of aromatic nitrogens is 4. The van der Waals surface area contributed by atoms with E-state index in [9.17, 15) is 4.79 Å². The van der Waals surface area contributed by atoms with E-state index in [4.69, 9.17) is 5.11 Å². The van der Waals surface area contributed by atoms with Gasteiger partial charge in [0.1, 0.15) is 0 Å². The number of tetrazole rings is 1. The summed E-state index contributed by atoms with van der Waals surface area (Å²) in [6.07, 6.45) is 0.973. The van der Waals surface area contributed by atoms with Crippen LogP contribution in [0.2, 0.25) is 0 Å². The van der Waals surface area contributed by atoms with E-state index >= 15 is 0 Å². The molecule has 2 rings (SSSR count). The summed E-state index contributed by atoms with van der Waals surface area (Å²) in [6.45, 7) is 3.98. The fourth-order valence-electron chi connectivity index (χ4n) is 1.76. The van der Waals surface area contributed by atoms with Crippen molar-refractivity contribution in [3.8, 4) is 11.4 Å². The van der Waals surface area contributed by atoms with Crippen molar-refractivity contribution in [2.24, 2.45) is 5.92 Å². The summed E-state index contributed by atoms with van der Waals surface area (Å²) >= 11 is 0. The van der Waals surface area contributed by atoms with Gasteiger partial charge < -0.3 is 5.11 Å². The Labute approximate surface area is 111 Å². The molecule has 1 N–H and O–H groups in total. The van der Waals surface area contributed by atoms with Crippen molar-refractivity contribution < 1.29 is 9.90 Å². The summed E-state index contributed by atoms with van der Waals surface area (Å²) in [6, 6.07) is 7.95. The van der Waals surface area contributed by atoms with E-state index in [1.54, 1.807) is 6.92 Å². The van der Waals surface area contributed by atoms with Crippen molar-refractivity contribution in [3.05, 3.63) is 29.8 Å². The van der Waals surface area contributed by atoms with Crippen LogP contribution in [-0.4, -0.2) is 31.3 Å². The molecular weight excluding hydrogens is 244 g/mol. The minimum absolute atomic E-state index is 0.257. The number of carboxylic acid groups (broad SMARTS) is 1. The molecular formula is C13H16N4O2. The van der Waals surface area contributed by atoms with Crippen molar-refractivity contribution in [1.82, 2.24) is 20.2 Å². The highest BCUT2D eigenvalue weighted by Crippen LogP contribution is 2.17. The molecule has 6 heteroatoms. The second kappa shape index (κ2) is 5.60. The van der Waals surface area contributed by atoms with Crippen LogP contribution in [0, 0.1) is 5.92 Å². The number of carboxylic acids is 1. The van der Waals surface area contributed by atoms with Gasteiger partial charge in [0.2, 0.25) is 0 Å². The molecule has 0 aliphatic heterocycles. The smallest absolute Gasteiger partial charge is 0.308 e. The predicted molar refractivity (Wildman–Crippen MR) is 69.4 cm³/mol. The van der Waals surface area contributed by atoms with E-state index in [0.29, 0.717) is 5.82 Å². The molecule has 2 aromatic rings. The Balaban J connectivity index is 2.25. The minimum Gasteiger partial charge on any atom is -0.481 e. The topological polar surface area (TPSA) is 80.9 Å². The highest BCUT2D eigenvalue weighted by molar-refractivity contribution is 5.69. The Kier molecular flexibility index (Phi) is 3.89. The lowest BCUT2D eigenvalue weighted by atomic mass is 10.1.